The van der Waals surface area contributed by atoms with E-state index in [9.17, 15) is 9.59 Å². The summed E-state index contributed by atoms with van der Waals surface area (Å²) in [4.78, 5) is 31.8. The number of nitrogens with one attached hydrogen (secondary N) is 2. The molecule has 0 aliphatic carbocycles. The maximum absolute atomic E-state index is 12.7. The third kappa shape index (κ3) is 6.14. The second-order valence-electron chi connectivity index (χ2n) is 6.09. The molecule has 1 heterocycles. The Balaban J connectivity index is 2.13. The summed E-state index contributed by atoms with van der Waals surface area (Å²) >= 11 is 2.98. The summed E-state index contributed by atoms with van der Waals surface area (Å²) in [7, 11) is 0. The lowest BCUT2D eigenvalue weighted by atomic mass is 10.0. The van der Waals surface area contributed by atoms with Crippen molar-refractivity contribution >= 4 is 35.1 Å². The minimum Gasteiger partial charge on any atom is -0.325 e. The Morgan fingerprint density at radius 3 is 2.48 bits per heavy atom. The molecule has 7 heteroatoms. The van der Waals surface area contributed by atoms with Crippen molar-refractivity contribution in [3.8, 4) is 0 Å². The second-order valence-corrected chi connectivity index (χ2v) is 8.69. The van der Waals surface area contributed by atoms with Crippen LogP contribution in [0.4, 0.5) is 5.69 Å². The molecule has 0 radical (unpaired) electrons. The Morgan fingerprint density at radius 2 is 1.89 bits per heavy atom. The van der Waals surface area contributed by atoms with E-state index in [1.807, 2.05) is 25.1 Å². The molecular weight excluding hydrogens is 378 g/mol. The molecule has 1 unspecified atom stereocenters. The maximum atomic E-state index is 12.7. The van der Waals surface area contributed by atoms with Crippen LogP contribution in [-0.2, 0) is 23.4 Å². The molecule has 0 spiro atoms. The summed E-state index contributed by atoms with van der Waals surface area (Å²) in [5.74, 6) is 1.57. The van der Waals surface area contributed by atoms with Gasteiger partial charge in [0.25, 0.3) is 5.56 Å². The van der Waals surface area contributed by atoms with E-state index in [0.717, 1.165) is 41.1 Å². The van der Waals surface area contributed by atoms with E-state index in [-0.39, 0.29) is 16.7 Å². The third-order valence-corrected chi connectivity index (χ3v) is 6.02. The van der Waals surface area contributed by atoms with Crippen LogP contribution in [-0.4, -0.2) is 26.9 Å². The number of para-hydroxylation sites is 1. The smallest absolute Gasteiger partial charge is 0.251 e. The van der Waals surface area contributed by atoms with E-state index in [0.29, 0.717) is 10.9 Å². The number of aromatic amines is 1. The summed E-state index contributed by atoms with van der Waals surface area (Å²) in [5, 5.41) is 3.19. The van der Waals surface area contributed by atoms with Gasteiger partial charge >= 0.3 is 0 Å². The van der Waals surface area contributed by atoms with Crippen molar-refractivity contribution in [3.63, 3.8) is 0 Å². The van der Waals surface area contributed by atoms with Crippen molar-refractivity contribution in [1.29, 1.82) is 0 Å². The minimum atomic E-state index is -0.378. The first-order valence-corrected chi connectivity index (χ1v) is 11.3. The summed E-state index contributed by atoms with van der Waals surface area (Å²) in [6, 6.07) is 7.63. The van der Waals surface area contributed by atoms with Gasteiger partial charge in [-0.1, -0.05) is 50.7 Å². The van der Waals surface area contributed by atoms with Gasteiger partial charge in [-0.25, -0.2) is 4.98 Å². The highest BCUT2D eigenvalue weighted by atomic mass is 32.2. The van der Waals surface area contributed by atoms with E-state index >= 15 is 0 Å². The van der Waals surface area contributed by atoms with E-state index in [4.69, 9.17) is 0 Å². The Bertz CT molecular complexity index is 814. The molecule has 0 aliphatic rings. The number of hydrogen-bond acceptors (Lipinski definition) is 5. The number of rotatable bonds is 9. The SMILES string of the molecule is CCSCc1cc(=O)[nH]c(SC(C)C(=O)Nc2c(CC)cccc2CC)n1. The van der Waals surface area contributed by atoms with Crippen LogP contribution in [0.5, 0.6) is 0 Å². The zero-order chi connectivity index (χ0) is 19.8. The highest BCUT2D eigenvalue weighted by molar-refractivity contribution is 8.00. The van der Waals surface area contributed by atoms with E-state index in [1.165, 1.54) is 17.8 Å². The molecule has 27 heavy (non-hydrogen) atoms. The van der Waals surface area contributed by atoms with Gasteiger partial charge in [-0.05, 0) is 36.6 Å². The molecule has 0 fully saturated rings. The first-order chi connectivity index (χ1) is 13.0. The number of anilines is 1. The van der Waals surface area contributed by atoms with Crippen LogP contribution >= 0.6 is 23.5 Å². The quantitative estimate of drug-likeness (QED) is 0.481. The molecule has 1 amide bonds. The number of hydrogen-bond donors (Lipinski definition) is 2. The predicted octanol–water partition coefficient (Wildman–Crippen LogP) is 4.27. The van der Waals surface area contributed by atoms with Crippen molar-refractivity contribution in [2.24, 2.45) is 0 Å². The van der Waals surface area contributed by atoms with Crippen LogP contribution in [0.2, 0.25) is 0 Å². The monoisotopic (exact) mass is 405 g/mol. The minimum absolute atomic E-state index is 0.0911. The Kier molecular flexibility index (Phi) is 8.44. The fourth-order valence-corrected chi connectivity index (χ4v) is 4.06. The lowest BCUT2D eigenvalue weighted by Gasteiger charge is -2.17. The van der Waals surface area contributed by atoms with Gasteiger partial charge in [-0.3, -0.25) is 9.59 Å². The van der Waals surface area contributed by atoms with Gasteiger partial charge in [0, 0.05) is 17.5 Å². The summed E-state index contributed by atoms with van der Waals surface area (Å²) in [5.41, 5.74) is 3.73. The van der Waals surface area contributed by atoms with Gasteiger partial charge in [0.1, 0.15) is 0 Å². The van der Waals surface area contributed by atoms with Crippen molar-refractivity contribution < 1.29 is 4.79 Å². The highest BCUT2D eigenvalue weighted by Crippen LogP contribution is 2.25. The number of aromatic nitrogens is 2. The normalized spacial score (nSPS) is 12.0. The maximum Gasteiger partial charge on any atom is 0.251 e. The van der Waals surface area contributed by atoms with Crippen LogP contribution in [0.3, 0.4) is 0 Å². The van der Waals surface area contributed by atoms with Crippen molar-refractivity contribution in [3.05, 3.63) is 51.4 Å². The summed E-state index contributed by atoms with van der Waals surface area (Å²) in [6.07, 6.45) is 1.72. The van der Waals surface area contributed by atoms with E-state index in [1.54, 1.807) is 11.8 Å². The highest BCUT2D eigenvalue weighted by Gasteiger charge is 2.18. The topological polar surface area (TPSA) is 74.8 Å². The van der Waals surface area contributed by atoms with Gasteiger partial charge in [-0.15, -0.1) is 0 Å². The Labute approximate surface area is 169 Å². The molecule has 0 aliphatic heterocycles. The molecule has 146 valence electrons. The number of carbonyl (C=O) groups excluding carboxylic acids is 1. The van der Waals surface area contributed by atoms with Crippen molar-refractivity contribution in [2.45, 2.75) is 56.7 Å². The first-order valence-electron chi connectivity index (χ1n) is 9.24. The standard InChI is InChI=1S/C20H27N3O2S2/c1-5-14-9-8-10-15(6-2)18(14)23-19(25)13(4)27-20-21-16(12-26-7-3)11-17(24)22-20/h8-11,13H,5-7,12H2,1-4H3,(H,23,25)(H,21,22,24). The predicted molar refractivity (Wildman–Crippen MR) is 116 cm³/mol. The zero-order valence-electron chi connectivity index (χ0n) is 16.3. The first kappa shape index (κ1) is 21.6. The number of aryl methyl sites for hydroxylation is 2. The van der Waals surface area contributed by atoms with Crippen LogP contribution < -0.4 is 10.9 Å². The molecule has 2 rings (SSSR count). The fraction of sp³-hybridized carbons (Fsp3) is 0.450. The van der Waals surface area contributed by atoms with Gasteiger partial charge < -0.3 is 10.3 Å². The van der Waals surface area contributed by atoms with Gasteiger partial charge in [0.15, 0.2) is 5.16 Å². The molecule has 2 N–H and O–H groups in total. The molecule has 0 bridgehead atoms. The summed E-state index contributed by atoms with van der Waals surface area (Å²) < 4.78 is 0. The molecule has 1 aromatic heterocycles. The van der Waals surface area contributed by atoms with Crippen molar-refractivity contribution in [1.82, 2.24) is 9.97 Å². The number of amides is 1. The average molecular weight is 406 g/mol. The fourth-order valence-electron chi connectivity index (χ4n) is 2.67. The van der Waals surface area contributed by atoms with Crippen LogP contribution in [0.25, 0.3) is 0 Å². The number of benzene rings is 1. The molecule has 0 saturated heterocycles. The lowest BCUT2D eigenvalue weighted by Crippen LogP contribution is -2.24. The lowest BCUT2D eigenvalue weighted by molar-refractivity contribution is -0.115. The molecule has 5 nitrogen and oxygen atoms in total. The van der Waals surface area contributed by atoms with Gasteiger partial charge in [-0.2, -0.15) is 11.8 Å². The van der Waals surface area contributed by atoms with Gasteiger partial charge in [0.05, 0.1) is 10.9 Å². The number of H-pyrrole nitrogens is 1. The van der Waals surface area contributed by atoms with Crippen LogP contribution in [0.15, 0.2) is 34.2 Å². The number of carbonyl (C=O) groups is 1. The van der Waals surface area contributed by atoms with E-state index in [2.05, 4.69) is 36.1 Å². The van der Waals surface area contributed by atoms with E-state index < -0.39 is 0 Å². The third-order valence-electron chi connectivity index (χ3n) is 4.13. The van der Waals surface area contributed by atoms with Gasteiger partial charge in [0.2, 0.25) is 5.91 Å². The van der Waals surface area contributed by atoms with Crippen LogP contribution in [0.1, 0.15) is 44.5 Å². The average Bonchev–Trinajstić information content (AvgIpc) is 2.65. The molecular formula is C20H27N3O2S2. The summed E-state index contributed by atoms with van der Waals surface area (Å²) in [6.45, 7) is 8.06. The molecule has 2 aromatic rings. The largest absolute Gasteiger partial charge is 0.325 e. The van der Waals surface area contributed by atoms with Crippen LogP contribution in [0, 0.1) is 0 Å². The Hall–Kier alpha value is -1.73. The molecule has 1 aromatic carbocycles. The second kappa shape index (κ2) is 10.6. The zero-order valence-corrected chi connectivity index (χ0v) is 17.9. The molecule has 1 atom stereocenters. The number of thioether (sulfide) groups is 2. The Morgan fingerprint density at radius 1 is 1.22 bits per heavy atom. The van der Waals surface area contributed by atoms with Crippen molar-refractivity contribution in [2.75, 3.05) is 11.1 Å². The molecule has 0 saturated carbocycles. The number of nitrogens with zero attached hydrogens (tertiary/aromatic N) is 1.